The molecule has 0 spiro atoms. The summed E-state index contributed by atoms with van der Waals surface area (Å²) in [7, 11) is 0. The zero-order valence-electron chi connectivity index (χ0n) is 9.35. The van der Waals surface area contributed by atoms with E-state index >= 15 is 0 Å². The molecule has 2 heterocycles. The zero-order chi connectivity index (χ0) is 13.4. The normalized spacial score (nSPS) is 11.1. The van der Waals surface area contributed by atoms with Crippen molar-refractivity contribution in [1.82, 2.24) is 14.4 Å². The van der Waals surface area contributed by atoms with Gasteiger partial charge in [-0.05, 0) is 34.1 Å². The summed E-state index contributed by atoms with van der Waals surface area (Å²) in [4.78, 5) is 9.05. The van der Waals surface area contributed by atoms with Gasteiger partial charge in [0.05, 0.1) is 0 Å². The Hall–Kier alpha value is -1.47. The number of fused-ring (bicyclic) bond motifs is 1. The minimum atomic E-state index is -0.876. The van der Waals surface area contributed by atoms with Gasteiger partial charge in [-0.2, -0.15) is 0 Å². The van der Waals surface area contributed by atoms with Crippen molar-refractivity contribution in [3.05, 3.63) is 53.0 Å². The van der Waals surface area contributed by atoms with Gasteiger partial charge in [-0.15, -0.1) is 0 Å². The van der Waals surface area contributed by atoms with E-state index in [1.807, 2.05) is 0 Å². The molecule has 19 heavy (non-hydrogen) atoms. The summed E-state index contributed by atoms with van der Waals surface area (Å²) in [5.74, 6) is -1.74. The van der Waals surface area contributed by atoms with Gasteiger partial charge in [0.15, 0.2) is 17.3 Å². The van der Waals surface area contributed by atoms with Gasteiger partial charge >= 0.3 is 0 Å². The van der Waals surface area contributed by atoms with Crippen molar-refractivity contribution in [1.29, 1.82) is 0 Å². The average Bonchev–Trinajstić information content (AvgIpc) is 2.82. The molecule has 3 aromatic rings. The lowest BCUT2D eigenvalue weighted by atomic mass is 10.3. The van der Waals surface area contributed by atoms with E-state index in [9.17, 15) is 8.78 Å². The number of benzene rings is 1. The average molecular weight is 342 g/mol. The molecule has 0 radical (unpaired) electrons. The van der Waals surface area contributed by atoms with Crippen LogP contribution in [-0.2, 0) is 0 Å². The van der Waals surface area contributed by atoms with Gasteiger partial charge in [-0.3, -0.25) is 0 Å². The fourth-order valence-corrected chi connectivity index (χ4v) is 3.02. The van der Waals surface area contributed by atoms with Gasteiger partial charge < -0.3 is 4.40 Å². The van der Waals surface area contributed by atoms with Crippen LogP contribution in [0, 0.1) is 11.6 Å². The molecule has 2 aromatic heterocycles. The quantitative estimate of drug-likeness (QED) is 0.707. The van der Waals surface area contributed by atoms with Crippen LogP contribution < -0.4 is 0 Å². The molecular formula is C12H6BrF2N3S. The zero-order valence-corrected chi connectivity index (χ0v) is 11.8. The molecule has 0 N–H and O–H groups in total. The van der Waals surface area contributed by atoms with Crippen molar-refractivity contribution in [2.75, 3.05) is 0 Å². The molecular weight excluding hydrogens is 336 g/mol. The monoisotopic (exact) mass is 341 g/mol. The molecule has 0 aliphatic heterocycles. The second kappa shape index (κ2) is 4.90. The summed E-state index contributed by atoms with van der Waals surface area (Å²) in [6.07, 6.45) is 5.22. The second-order valence-electron chi connectivity index (χ2n) is 3.70. The summed E-state index contributed by atoms with van der Waals surface area (Å²) in [6, 6.07) is 3.74. The maximum absolute atomic E-state index is 13.2. The Morgan fingerprint density at radius 1 is 1.21 bits per heavy atom. The fraction of sp³-hybridized carbons (Fsp3) is 0. The van der Waals surface area contributed by atoms with Crippen molar-refractivity contribution in [2.45, 2.75) is 9.92 Å². The number of nitrogens with zero attached hydrogens (tertiary/aromatic N) is 3. The molecule has 0 bridgehead atoms. The molecule has 0 aliphatic carbocycles. The Labute approximate surface area is 119 Å². The molecule has 0 aliphatic rings. The minimum Gasteiger partial charge on any atom is -0.302 e. The van der Waals surface area contributed by atoms with Crippen LogP contribution in [0.15, 0.2) is 51.3 Å². The van der Waals surface area contributed by atoms with E-state index in [-0.39, 0.29) is 0 Å². The molecule has 0 fully saturated rings. The molecule has 3 rings (SSSR count). The lowest BCUT2D eigenvalue weighted by molar-refractivity contribution is 0.506. The molecule has 0 saturated heterocycles. The third kappa shape index (κ3) is 2.48. The Kier molecular flexibility index (Phi) is 3.24. The summed E-state index contributed by atoms with van der Waals surface area (Å²) in [6.45, 7) is 0. The molecule has 3 nitrogen and oxygen atoms in total. The van der Waals surface area contributed by atoms with Crippen LogP contribution in [0.2, 0.25) is 0 Å². The van der Waals surface area contributed by atoms with E-state index in [1.54, 1.807) is 23.0 Å². The van der Waals surface area contributed by atoms with Crippen LogP contribution in [0.25, 0.3) is 5.65 Å². The summed E-state index contributed by atoms with van der Waals surface area (Å²) >= 11 is 4.53. The molecule has 0 saturated carbocycles. The van der Waals surface area contributed by atoms with E-state index in [2.05, 4.69) is 25.9 Å². The third-order valence-electron chi connectivity index (χ3n) is 2.42. The topological polar surface area (TPSA) is 30.2 Å². The smallest absolute Gasteiger partial charge is 0.170 e. The van der Waals surface area contributed by atoms with Crippen molar-refractivity contribution in [3.8, 4) is 0 Å². The lowest BCUT2D eigenvalue weighted by Gasteiger charge is -2.04. The Balaban J connectivity index is 2.04. The maximum Gasteiger partial charge on any atom is 0.170 e. The van der Waals surface area contributed by atoms with E-state index in [0.717, 1.165) is 12.1 Å². The van der Waals surface area contributed by atoms with Crippen LogP contribution >= 0.6 is 27.7 Å². The number of imidazole rings is 1. The highest BCUT2D eigenvalue weighted by Gasteiger charge is 2.10. The molecule has 1 aromatic carbocycles. The number of rotatable bonds is 2. The Morgan fingerprint density at radius 3 is 2.84 bits per heavy atom. The second-order valence-corrected chi connectivity index (χ2v) is 5.58. The highest BCUT2D eigenvalue weighted by Crippen LogP contribution is 2.30. The SMILES string of the molecule is Fc1ccc(Sc2nc(Br)cn3ccnc23)cc1F. The first-order valence-corrected chi connectivity index (χ1v) is 6.86. The number of halogens is 3. The molecule has 0 atom stereocenters. The van der Waals surface area contributed by atoms with Gasteiger partial charge in [-0.1, -0.05) is 11.8 Å². The van der Waals surface area contributed by atoms with Gasteiger partial charge in [-0.25, -0.2) is 18.7 Å². The van der Waals surface area contributed by atoms with E-state index in [1.165, 1.54) is 17.8 Å². The molecule has 0 amide bonds. The predicted molar refractivity (Wildman–Crippen MR) is 71.2 cm³/mol. The van der Waals surface area contributed by atoms with Gasteiger partial charge in [0.1, 0.15) is 9.63 Å². The van der Waals surface area contributed by atoms with E-state index in [4.69, 9.17) is 0 Å². The third-order valence-corrected chi connectivity index (χ3v) is 3.76. The standard InChI is InChI=1S/C12H6BrF2N3S/c13-10-6-18-4-3-16-11(18)12(17-10)19-7-1-2-8(14)9(15)5-7/h1-6H. The van der Waals surface area contributed by atoms with Gasteiger partial charge in [0.25, 0.3) is 0 Å². The van der Waals surface area contributed by atoms with E-state index < -0.39 is 11.6 Å². The van der Waals surface area contributed by atoms with Crippen LogP contribution in [0.4, 0.5) is 8.78 Å². The van der Waals surface area contributed by atoms with E-state index in [0.29, 0.717) is 20.2 Å². The first-order valence-electron chi connectivity index (χ1n) is 5.25. The summed E-state index contributed by atoms with van der Waals surface area (Å²) in [5, 5.41) is 0.616. The van der Waals surface area contributed by atoms with Gasteiger partial charge in [0.2, 0.25) is 0 Å². The Morgan fingerprint density at radius 2 is 2.05 bits per heavy atom. The van der Waals surface area contributed by atoms with Crippen molar-refractivity contribution < 1.29 is 8.78 Å². The summed E-state index contributed by atoms with van der Waals surface area (Å²) in [5.41, 5.74) is 0.665. The molecule has 0 unspecified atom stereocenters. The van der Waals surface area contributed by atoms with Gasteiger partial charge in [0, 0.05) is 23.5 Å². The molecule has 7 heteroatoms. The highest BCUT2D eigenvalue weighted by molar-refractivity contribution is 9.10. The predicted octanol–water partition coefficient (Wildman–Crippen LogP) is 3.92. The number of hydrogen-bond donors (Lipinski definition) is 0. The summed E-state index contributed by atoms with van der Waals surface area (Å²) < 4.78 is 28.5. The number of hydrogen-bond acceptors (Lipinski definition) is 3. The highest BCUT2D eigenvalue weighted by atomic mass is 79.9. The fourth-order valence-electron chi connectivity index (χ4n) is 1.59. The van der Waals surface area contributed by atoms with Crippen LogP contribution in [-0.4, -0.2) is 14.4 Å². The van der Waals surface area contributed by atoms with Crippen molar-refractivity contribution in [2.24, 2.45) is 0 Å². The first-order chi connectivity index (χ1) is 9.13. The number of aromatic nitrogens is 3. The van der Waals surface area contributed by atoms with Crippen LogP contribution in [0.5, 0.6) is 0 Å². The lowest BCUT2D eigenvalue weighted by Crippen LogP contribution is -1.92. The maximum atomic E-state index is 13.2. The minimum absolute atomic E-state index is 0.564. The Bertz CT molecular complexity index is 760. The van der Waals surface area contributed by atoms with Crippen molar-refractivity contribution >= 4 is 33.3 Å². The van der Waals surface area contributed by atoms with Crippen LogP contribution in [0.3, 0.4) is 0 Å². The molecule has 96 valence electrons. The first kappa shape index (κ1) is 12.6. The van der Waals surface area contributed by atoms with Crippen LogP contribution in [0.1, 0.15) is 0 Å². The van der Waals surface area contributed by atoms with Crippen molar-refractivity contribution in [3.63, 3.8) is 0 Å². The largest absolute Gasteiger partial charge is 0.302 e.